The second-order valence-electron chi connectivity index (χ2n) is 26.6. The number of phosphoric acid groups is 1. The minimum atomic E-state index is -4.61. The third kappa shape index (κ3) is 72.3. The molecule has 0 spiro atoms. The van der Waals surface area contributed by atoms with E-state index in [-0.39, 0.29) is 19.1 Å². The van der Waals surface area contributed by atoms with Gasteiger partial charge >= 0.3 is 0 Å². The standard InChI is InChI=1S/C81H145N2O6P/c1-6-8-10-12-14-16-18-20-22-24-26-28-30-32-34-35-36-37-38-39-40-41-42-43-44-45-46-47-49-51-53-55-57-59-61-63-65-67-69-71-73-75-81(85)82-79(78-89-90(86,87)88-77-76-83(3,4)5)80(84)74-72-70-68-66-64-62-60-58-56-54-52-50-48-33-31-29-27-25-23-21-19-17-15-13-11-9-7-2/h8,10,14,16,20,22,26,28,32,34,36-37,39-40,42-43,45-46,72,74,79-80,84H,6-7,9,11-13,15,17-19,21,23-25,27,29-31,33,35,38,41,44,47-71,73,75-78H2,1-5H3,(H-,82,85,86,87)/b10-8-,16-14-,22-20-,28-26-,34-32-,37-36-,40-39-,43-42-,46-45-,74-72+. The normalized spacial score (nSPS) is 14.3. The van der Waals surface area contributed by atoms with Crippen molar-refractivity contribution >= 4 is 13.7 Å². The molecule has 0 aliphatic carbocycles. The van der Waals surface area contributed by atoms with Gasteiger partial charge in [-0.1, -0.05) is 360 Å². The number of aliphatic hydroxyl groups is 1. The number of quaternary nitrogens is 1. The number of phosphoric ester groups is 1. The van der Waals surface area contributed by atoms with Crippen molar-refractivity contribution in [3.05, 3.63) is 122 Å². The molecule has 0 radical (unpaired) electrons. The van der Waals surface area contributed by atoms with E-state index in [9.17, 15) is 19.4 Å². The van der Waals surface area contributed by atoms with Gasteiger partial charge in [-0.25, -0.2) is 0 Å². The Hall–Kier alpha value is -3.10. The predicted octanol–water partition coefficient (Wildman–Crippen LogP) is 24.1. The lowest BCUT2D eigenvalue weighted by Crippen LogP contribution is -2.45. The molecule has 2 N–H and O–H groups in total. The van der Waals surface area contributed by atoms with E-state index in [0.29, 0.717) is 17.4 Å². The van der Waals surface area contributed by atoms with Crippen molar-refractivity contribution in [1.29, 1.82) is 0 Å². The third-order valence-electron chi connectivity index (χ3n) is 16.7. The van der Waals surface area contributed by atoms with Gasteiger partial charge in [0.15, 0.2) is 0 Å². The van der Waals surface area contributed by atoms with Crippen LogP contribution in [0.5, 0.6) is 0 Å². The SMILES string of the molecule is CC/C=C\C/C=C\C/C=C\C/C=C\C/C=C\C/C=C\C/C=C\C/C=C\C/C=C\CCCCCCCCCCCCCCCC(=O)NC(COP(=O)([O-])OCC[N+](C)(C)C)C(O)/C=C/CCCCCCCCCCCCCCCCCCCCCCCCCCC. The summed E-state index contributed by atoms with van der Waals surface area (Å²) in [4.78, 5) is 25.7. The average molecular weight is 1270 g/mol. The Morgan fingerprint density at radius 2 is 0.678 bits per heavy atom. The van der Waals surface area contributed by atoms with Crippen molar-refractivity contribution < 1.29 is 32.9 Å². The lowest BCUT2D eigenvalue weighted by molar-refractivity contribution is -0.870. The van der Waals surface area contributed by atoms with Gasteiger partial charge in [0.1, 0.15) is 13.2 Å². The van der Waals surface area contributed by atoms with E-state index >= 15 is 0 Å². The van der Waals surface area contributed by atoms with Crippen molar-refractivity contribution in [3.63, 3.8) is 0 Å². The van der Waals surface area contributed by atoms with Gasteiger partial charge < -0.3 is 28.8 Å². The van der Waals surface area contributed by atoms with E-state index in [1.54, 1.807) is 6.08 Å². The molecule has 3 unspecified atom stereocenters. The first-order valence-corrected chi connectivity index (χ1v) is 39.4. The number of amides is 1. The lowest BCUT2D eigenvalue weighted by Gasteiger charge is -2.29. The lowest BCUT2D eigenvalue weighted by atomic mass is 10.0. The summed E-state index contributed by atoms with van der Waals surface area (Å²) >= 11 is 0. The summed E-state index contributed by atoms with van der Waals surface area (Å²) in [5.74, 6) is -0.198. The maximum Gasteiger partial charge on any atom is 0.268 e. The predicted molar refractivity (Wildman–Crippen MR) is 394 cm³/mol. The second kappa shape index (κ2) is 70.2. The maximum atomic E-state index is 13.1. The van der Waals surface area contributed by atoms with Crippen LogP contribution in [0.25, 0.3) is 0 Å². The molecule has 9 heteroatoms. The van der Waals surface area contributed by atoms with Crippen molar-refractivity contribution in [2.45, 2.75) is 347 Å². The molecule has 90 heavy (non-hydrogen) atoms. The molecule has 0 saturated heterocycles. The highest BCUT2D eigenvalue weighted by Gasteiger charge is 2.23. The zero-order chi connectivity index (χ0) is 65.5. The summed E-state index contributed by atoms with van der Waals surface area (Å²) in [6.07, 6.45) is 105. The van der Waals surface area contributed by atoms with Crippen LogP contribution in [0.3, 0.4) is 0 Å². The molecule has 8 nitrogen and oxygen atoms in total. The number of nitrogens with zero attached hydrogens (tertiary/aromatic N) is 1. The summed E-state index contributed by atoms with van der Waals surface area (Å²) in [5, 5.41) is 14.0. The Labute approximate surface area is 558 Å². The fourth-order valence-electron chi connectivity index (χ4n) is 10.9. The van der Waals surface area contributed by atoms with E-state index in [0.717, 1.165) is 96.3 Å². The number of nitrogens with one attached hydrogen (secondary N) is 1. The molecule has 0 bridgehead atoms. The van der Waals surface area contributed by atoms with Crippen LogP contribution in [-0.2, 0) is 18.4 Å². The number of carbonyl (C=O) groups excluding carboxylic acids is 1. The van der Waals surface area contributed by atoms with E-state index in [2.05, 4.69) is 129 Å². The van der Waals surface area contributed by atoms with Gasteiger partial charge in [0.2, 0.25) is 5.91 Å². The summed E-state index contributed by atoms with van der Waals surface area (Å²) in [7, 11) is 1.26. The first-order valence-electron chi connectivity index (χ1n) is 37.9. The number of hydrogen-bond donors (Lipinski definition) is 2. The maximum absolute atomic E-state index is 13.1. The van der Waals surface area contributed by atoms with Crippen LogP contribution in [0.4, 0.5) is 0 Å². The van der Waals surface area contributed by atoms with Crippen molar-refractivity contribution in [1.82, 2.24) is 5.32 Å². The molecule has 0 aromatic carbocycles. The molecule has 0 rings (SSSR count). The van der Waals surface area contributed by atoms with Gasteiger partial charge in [-0.2, -0.15) is 0 Å². The molecule has 0 fully saturated rings. The molecule has 1 amide bonds. The van der Waals surface area contributed by atoms with Gasteiger partial charge in [-0.05, 0) is 89.9 Å². The number of aliphatic hydroxyl groups excluding tert-OH is 1. The highest BCUT2D eigenvalue weighted by atomic mass is 31.2. The van der Waals surface area contributed by atoms with Crippen molar-refractivity contribution in [2.75, 3.05) is 40.9 Å². The smallest absolute Gasteiger partial charge is 0.268 e. The first kappa shape index (κ1) is 86.9. The van der Waals surface area contributed by atoms with Crippen molar-refractivity contribution in [3.8, 4) is 0 Å². The molecule has 0 saturated carbocycles. The fourth-order valence-corrected chi connectivity index (χ4v) is 11.6. The molecular formula is C81H145N2O6P. The number of allylic oxidation sites excluding steroid dienone is 19. The first-order chi connectivity index (χ1) is 44.0. The van der Waals surface area contributed by atoms with Gasteiger partial charge in [-0.15, -0.1) is 0 Å². The van der Waals surface area contributed by atoms with Crippen LogP contribution < -0.4 is 10.2 Å². The summed E-state index contributed by atoms with van der Waals surface area (Å²) in [6, 6.07) is -0.896. The largest absolute Gasteiger partial charge is 0.756 e. The number of rotatable bonds is 69. The number of carbonyl (C=O) groups is 1. The van der Waals surface area contributed by atoms with Gasteiger partial charge in [0, 0.05) is 6.42 Å². The van der Waals surface area contributed by atoms with Crippen LogP contribution in [0.2, 0.25) is 0 Å². The summed E-state index contributed by atoms with van der Waals surface area (Å²) in [5.41, 5.74) is 0. The Morgan fingerprint density at radius 1 is 0.400 bits per heavy atom. The quantitative estimate of drug-likeness (QED) is 0.0272. The minimum Gasteiger partial charge on any atom is -0.756 e. The van der Waals surface area contributed by atoms with Crippen LogP contribution in [0.1, 0.15) is 335 Å². The summed E-state index contributed by atoms with van der Waals surface area (Å²) in [6.45, 7) is 4.57. The van der Waals surface area contributed by atoms with Crippen molar-refractivity contribution in [2.24, 2.45) is 0 Å². The minimum absolute atomic E-state index is 0.00466. The molecule has 520 valence electrons. The molecule has 0 heterocycles. The second-order valence-corrected chi connectivity index (χ2v) is 28.0. The molecule has 3 atom stereocenters. The number of hydrogen-bond acceptors (Lipinski definition) is 6. The highest BCUT2D eigenvalue weighted by Crippen LogP contribution is 2.38. The Balaban J connectivity index is 4.05. The van der Waals surface area contributed by atoms with E-state index in [1.165, 1.54) is 218 Å². The third-order valence-corrected chi connectivity index (χ3v) is 17.6. The van der Waals surface area contributed by atoms with E-state index in [1.807, 2.05) is 27.2 Å². The van der Waals surface area contributed by atoms with E-state index < -0.39 is 20.0 Å². The Kier molecular flexibility index (Phi) is 67.8. The van der Waals surface area contributed by atoms with Crippen LogP contribution in [-0.4, -0.2) is 68.5 Å². The topological polar surface area (TPSA) is 108 Å². The molecule has 0 aliphatic heterocycles. The van der Waals surface area contributed by atoms with E-state index in [4.69, 9.17) is 9.05 Å². The monoisotopic (exact) mass is 1270 g/mol. The number of likely N-dealkylation sites (N-methyl/N-ethyl adjacent to an activating group) is 1. The van der Waals surface area contributed by atoms with Gasteiger partial charge in [0.05, 0.1) is 39.9 Å². The molecule has 0 aliphatic rings. The zero-order valence-corrected chi connectivity index (χ0v) is 60.5. The molecule has 0 aromatic rings. The van der Waals surface area contributed by atoms with Crippen LogP contribution >= 0.6 is 7.82 Å². The fraction of sp³-hybridized carbons (Fsp3) is 0.741. The number of unbranched alkanes of at least 4 members (excludes halogenated alkanes) is 38. The zero-order valence-electron chi connectivity index (χ0n) is 59.6. The van der Waals surface area contributed by atoms with Gasteiger partial charge in [-0.3, -0.25) is 9.36 Å². The highest BCUT2D eigenvalue weighted by molar-refractivity contribution is 7.45. The summed E-state index contributed by atoms with van der Waals surface area (Å²) < 4.78 is 23.5. The molecular weight excluding hydrogens is 1130 g/mol. The van der Waals surface area contributed by atoms with Gasteiger partial charge in [0.25, 0.3) is 7.82 Å². The average Bonchev–Trinajstić information content (AvgIpc) is 3.09. The Bertz CT molecular complexity index is 1890. The van der Waals surface area contributed by atoms with Crippen LogP contribution in [0, 0.1) is 0 Å². The molecule has 0 aromatic heterocycles. The van der Waals surface area contributed by atoms with Crippen LogP contribution in [0.15, 0.2) is 122 Å². The Morgan fingerprint density at radius 3 is 0.989 bits per heavy atom.